The van der Waals surface area contributed by atoms with Crippen LogP contribution in [0.15, 0.2) is 21.5 Å². The Morgan fingerprint density at radius 2 is 1.91 bits per heavy atom. The van der Waals surface area contributed by atoms with Crippen LogP contribution in [-0.2, 0) is 10.0 Å². The summed E-state index contributed by atoms with van der Waals surface area (Å²) in [5.41, 5.74) is 5.84. The lowest BCUT2D eigenvalue weighted by Crippen LogP contribution is -2.40. The van der Waals surface area contributed by atoms with Crippen molar-refractivity contribution in [3.05, 3.63) is 21.6 Å². The fraction of sp³-hybridized carbons (Fsp3) is 0.538. The molecule has 1 aromatic carbocycles. The summed E-state index contributed by atoms with van der Waals surface area (Å²) in [4.78, 5) is 0.0410. The minimum Gasteiger partial charge on any atom is -0.494 e. The first-order chi connectivity index (χ1) is 9.83. The zero-order chi connectivity index (χ0) is 15.6. The number of hydrogen-bond acceptors (Lipinski definition) is 4. The lowest BCUT2D eigenvalue weighted by Gasteiger charge is -2.27. The van der Waals surface area contributed by atoms with Crippen LogP contribution in [0.2, 0.25) is 5.02 Å². The van der Waals surface area contributed by atoms with Crippen molar-refractivity contribution >= 4 is 50.0 Å². The Hall–Kier alpha value is -0.0500. The minimum absolute atomic E-state index is 0. The van der Waals surface area contributed by atoms with Gasteiger partial charge in [0.25, 0.3) is 0 Å². The normalized spacial score (nSPS) is 22.0. The zero-order valence-corrected chi connectivity index (χ0v) is 16.0. The number of methoxy groups -OCH3 is 1. The number of benzene rings is 1. The fourth-order valence-electron chi connectivity index (χ4n) is 2.45. The van der Waals surface area contributed by atoms with E-state index < -0.39 is 10.0 Å². The number of nitrogens with one attached hydrogen (secondary N) is 1. The van der Waals surface area contributed by atoms with Gasteiger partial charge < -0.3 is 10.5 Å². The molecular formula is C13H19BrCl2N2O3S. The van der Waals surface area contributed by atoms with Gasteiger partial charge in [0, 0.05) is 17.1 Å². The highest BCUT2D eigenvalue weighted by Gasteiger charge is 2.27. The lowest BCUT2D eigenvalue weighted by atomic mass is 9.93. The fourth-order valence-corrected chi connectivity index (χ4v) is 5.14. The molecule has 0 atom stereocenters. The molecular weight excluding hydrogens is 415 g/mol. The van der Waals surface area contributed by atoms with E-state index in [1.807, 2.05) is 0 Å². The summed E-state index contributed by atoms with van der Waals surface area (Å²) in [5, 5.41) is 0.328. The topological polar surface area (TPSA) is 81.4 Å². The quantitative estimate of drug-likeness (QED) is 0.764. The maximum atomic E-state index is 12.6. The highest BCUT2D eigenvalue weighted by Crippen LogP contribution is 2.35. The van der Waals surface area contributed by atoms with Crippen LogP contribution in [0.1, 0.15) is 25.7 Å². The van der Waals surface area contributed by atoms with Crippen LogP contribution in [0.25, 0.3) is 0 Å². The van der Waals surface area contributed by atoms with E-state index in [0.29, 0.717) is 9.50 Å². The predicted octanol–water partition coefficient (Wildman–Crippen LogP) is 3.08. The Kier molecular flexibility index (Phi) is 7.42. The maximum absolute atomic E-state index is 12.6. The van der Waals surface area contributed by atoms with Crippen LogP contribution >= 0.6 is 39.9 Å². The van der Waals surface area contributed by atoms with E-state index >= 15 is 0 Å². The molecule has 0 bridgehead atoms. The van der Waals surface area contributed by atoms with Crippen LogP contribution in [0.4, 0.5) is 0 Å². The molecule has 9 heteroatoms. The van der Waals surface area contributed by atoms with E-state index in [1.165, 1.54) is 13.2 Å². The Morgan fingerprint density at radius 1 is 1.32 bits per heavy atom. The molecule has 0 radical (unpaired) electrons. The summed E-state index contributed by atoms with van der Waals surface area (Å²) in [6.45, 7) is 0. The van der Waals surface area contributed by atoms with Crippen LogP contribution in [-0.4, -0.2) is 27.6 Å². The van der Waals surface area contributed by atoms with Crippen molar-refractivity contribution in [2.75, 3.05) is 7.11 Å². The first-order valence-electron chi connectivity index (χ1n) is 6.64. The van der Waals surface area contributed by atoms with Gasteiger partial charge >= 0.3 is 0 Å². The molecule has 1 aliphatic carbocycles. The minimum atomic E-state index is -3.70. The summed E-state index contributed by atoms with van der Waals surface area (Å²) < 4.78 is 33.5. The van der Waals surface area contributed by atoms with E-state index in [1.54, 1.807) is 6.07 Å². The van der Waals surface area contributed by atoms with Crippen LogP contribution in [0.5, 0.6) is 5.75 Å². The highest BCUT2D eigenvalue weighted by molar-refractivity contribution is 9.10. The highest BCUT2D eigenvalue weighted by atomic mass is 79.9. The van der Waals surface area contributed by atoms with Gasteiger partial charge in [-0.25, -0.2) is 13.1 Å². The molecule has 0 spiro atoms. The van der Waals surface area contributed by atoms with E-state index in [2.05, 4.69) is 20.7 Å². The SMILES string of the molecule is COc1c(Br)cc(Cl)cc1S(=O)(=O)NC1CCC(N)CC1.Cl. The number of sulfonamides is 1. The van der Waals surface area contributed by atoms with Gasteiger partial charge in [0.15, 0.2) is 5.75 Å². The second kappa shape index (κ2) is 8.17. The first kappa shape index (κ1) is 20.0. The third-order valence-electron chi connectivity index (χ3n) is 3.56. The predicted molar refractivity (Wildman–Crippen MR) is 93.5 cm³/mol. The summed E-state index contributed by atoms with van der Waals surface area (Å²) in [6.07, 6.45) is 3.13. The van der Waals surface area contributed by atoms with Crippen molar-refractivity contribution in [1.82, 2.24) is 4.72 Å². The van der Waals surface area contributed by atoms with Gasteiger partial charge in [0.05, 0.1) is 11.6 Å². The molecule has 5 nitrogen and oxygen atoms in total. The second-order valence-electron chi connectivity index (χ2n) is 5.15. The molecule has 0 aromatic heterocycles. The van der Waals surface area contributed by atoms with E-state index in [4.69, 9.17) is 22.1 Å². The van der Waals surface area contributed by atoms with Crippen molar-refractivity contribution in [2.24, 2.45) is 5.73 Å². The largest absolute Gasteiger partial charge is 0.494 e. The average molecular weight is 434 g/mol. The molecule has 3 N–H and O–H groups in total. The Morgan fingerprint density at radius 3 is 2.45 bits per heavy atom. The molecule has 1 fully saturated rings. The number of rotatable bonds is 4. The van der Waals surface area contributed by atoms with Crippen LogP contribution in [0, 0.1) is 0 Å². The van der Waals surface area contributed by atoms with Crippen LogP contribution < -0.4 is 15.2 Å². The van der Waals surface area contributed by atoms with Crippen molar-refractivity contribution in [3.8, 4) is 5.75 Å². The van der Waals surface area contributed by atoms with E-state index in [0.717, 1.165) is 25.7 Å². The number of hydrogen-bond donors (Lipinski definition) is 2. The third-order valence-corrected chi connectivity index (χ3v) is 5.89. The molecule has 1 saturated carbocycles. The molecule has 0 heterocycles. The van der Waals surface area contributed by atoms with Gasteiger partial charge in [-0.2, -0.15) is 0 Å². The summed E-state index contributed by atoms with van der Waals surface area (Å²) in [6, 6.07) is 3.05. The molecule has 22 heavy (non-hydrogen) atoms. The maximum Gasteiger partial charge on any atom is 0.244 e. The average Bonchev–Trinajstić information content (AvgIpc) is 2.40. The van der Waals surface area contributed by atoms with Gasteiger partial charge in [-0.05, 0) is 53.7 Å². The Bertz CT molecular complexity index is 620. The lowest BCUT2D eigenvalue weighted by molar-refractivity contribution is 0.371. The first-order valence-corrected chi connectivity index (χ1v) is 9.30. The number of ether oxygens (including phenoxy) is 1. The molecule has 0 amide bonds. The van der Waals surface area contributed by atoms with Crippen LogP contribution in [0.3, 0.4) is 0 Å². The monoisotopic (exact) mass is 432 g/mol. The smallest absolute Gasteiger partial charge is 0.244 e. The van der Waals surface area contributed by atoms with Gasteiger partial charge in [-0.15, -0.1) is 12.4 Å². The Labute approximate surface area is 150 Å². The molecule has 126 valence electrons. The molecule has 0 saturated heterocycles. The molecule has 1 aliphatic rings. The number of halogens is 3. The van der Waals surface area contributed by atoms with E-state index in [-0.39, 0.29) is 35.1 Å². The van der Waals surface area contributed by atoms with Gasteiger partial charge in [-0.1, -0.05) is 11.6 Å². The van der Waals surface area contributed by atoms with E-state index in [9.17, 15) is 8.42 Å². The molecule has 0 unspecified atom stereocenters. The summed E-state index contributed by atoms with van der Waals surface area (Å²) >= 11 is 9.22. The number of nitrogens with two attached hydrogens (primary N) is 1. The zero-order valence-electron chi connectivity index (χ0n) is 12.0. The van der Waals surface area contributed by atoms with Gasteiger partial charge in [0.1, 0.15) is 4.90 Å². The Balaban J connectivity index is 0.00000242. The van der Waals surface area contributed by atoms with Crippen molar-refractivity contribution < 1.29 is 13.2 Å². The van der Waals surface area contributed by atoms with Gasteiger partial charge in [-0.3, -0.25) is 0 Å². The summed E-state index contributed by atoms with van der Waals surface area (Å²) in [7, 11) is -2.27. The molecule has 0 aliphatic heterocycles. The van der Waals surface area contributed by atoms with Crippen molar-refractivity contribution in [2.45, 2.75) is 42.7 Å². The second-order valence-corrected chi connectivity index (χ2v) is 8.13. The van der Waals surface area contributed by atoms with Crippen molar-refractivity contribution in [3.63, 3.8) is 0 Å². The third kappa shape index (κ3) is 4.72. The van der Waals surface area contributed by atoms with Gasteiger partial charge in [0.2, 0.25) is 10.0 Å². The molecule has 2 rings (SSSR count). The summed E-state index contributed by atoms with van der Waals surface area (Å²) in [5.74, 6) is 0.249. The van der Waals surface area contributed by atoms with Crippen molar-refractivity contribution in [1.29, 1.82) is 0 Å². The molecule has 1 aromatic rings. The standard InChI is InChI=1S/C13H18BrClN2O3S.ClH/c1-20-13-11(14)6-8(15)7-12(13)21(18,19)17-10-4-2-9(16)3-5-10;/h6-7,9-10,17H,2-5,16H2,1H3;1H.